The number of carbonyl (C=O) groups excluding carboxylic acids is 1. The summed E-state index contributed by atoms with van der Waals surface area (Å²) in [5, 5.41) is 0. The third-order valence-corrected chi connectivity index (χ3v) is 1.84. The maximum atomic E-state index is 10.9. The Balaban J connectivity index is 2.54. The molecule has 0 fully saturated rings. The molecule has 2 heteroatoms. The molecule has 0 saturated carbocycles. The molecule has 0 saturated heterocycles. The Morgan fingerprint density at radius 1 is 1.54 bits per heavy atom. The maximum Gasteiger partial charge on any atom is 0.155 e. The molecule has 1 aromatic rings. The van der Waals surface area contributed by atoms with Crippen LogP contribution in [-0.2, 0) is 11.2 Å². The summed E-state index contributed by atoms with van der Waals surface area (Å²) in [5.41, 5.74) is 7.42. The fourth-order valence-electron chi connectivity index (χ4n) is 1.12. The molecule has 0 heterocycles. The number of nitrogens with two attached hydrogens (primary N) is 1. The van der Waals surface area contributed by atoms with E-state index in [-0.39, 0.29) is 5.78 Å². The summed E-state index contributed by atoms with van der Waals surface area (Å²) >= 11 is 0. The Labute approximate surface area is 78.1 Å². The van der Waals surface area contributed by atoms with Gasteiger partial charge in [0.2, 0.25) is 0 Å². The summed E-state index contributed by atoms with van der Waals surface area (Å²) < 4.78 is 0. The Morgan fingerprint density at radius 3 is 2.92 bits per heavy atom. The number of hydrogen-bond donors (Lipinski definition) is 1. The maximum absolute atomic E-state index is 10.9. The van der Waals surface area contributed by atoms with Gasteiger partial charge in [0.1, 0.15) is 0 Å². The molecule has 68 valence electrons. The molecule has 0 aliphatic heterocycles. The summed E-state index contributed by atoms with van der Waals surface area (Å²) in [7, 11) is 0. The number of benzene rings is 1. The third kappa shape index (κ3) is 3.11. The lowest BCUT2D eigenvalue weighted by Crippen LogP contribution is -1.96. The smallest absolute Gasteiger partial charge is 0.155 e. The molecule has 2 nitrogen and oxygen atoms in total. The molecule has 0 atom stereocenters. The average Bonchev–Trinajstić information content (AvgIpc) is 2.14. The van der Waals surface area contributed by atoms with Crippen molar-refractivity contribution in [2.45, 2.75) is 12.8 Å². The highest BCUT2D eigenvalue weighted by molar-refractivity contribution is 5.89. The fourth-order valence-corrected chi connectivity index (χ4v) is 1.12. The highest BCUT2D eigenvalue weighted by Gasteiger charge is 1.97. The topological polar surface area (TPSA) is 43.1 Å². The monoisotopic (exact) mass is 175 g/mol. The first-order valence-electron chi connectivity index (χ1n) is 4.22. The largest absolute Gasteiger partial charge is 0.399 e. The van der Waals surface area contributed by atoms with Gasteiger partial charge in [0.05, 0.1) is 0 Å². The third-order valence-electron chi connectivity index (χ3n) is 1.84. The van der Waals surface area contributed by atoms with Crippen LogP contribution in [0.2, 0.25) is 0 Å². The first-order valence-corrected chi connectivity index (χ1v) is 4.22. The van der Waals surface area contributed by atoms with Crippen LogP contribution in [0.3, 0.4) is 0 Å². The molecule has 1 rings (SSSR count). The van der Waals surface area contributed by atoms with E-state index in [2.05, 4.69) is 6.58 Å². The quantitative estimate of drug-likeness (QED) is 0.561. The number of rotatable bonds is 4. The summed E-state index contributed by atoms with van der Waals surface area (Å²) in [6.45, 7) is 3.42. The molecule has 0 unspecified atom stereocenters. The number of allylic oxidation sites excluding steroid dienone is 1. The van der Waals surface area contributed by atoms with Crippen molar-refractivity contribution >= 4 is 11.5 Å². The van der Waals surface area contributed by atoms with E-state index >= 15 is 0 Å². The lowest BCUT2D eigenvalue weighted by atomic mass is 10.1. The van der Waals surface area contributed by atoms with Gasteiger partial charge in [-0.2, -0.15) is 0 Å². The first-order chi connectivity index (χ1) is 6.22. The predicted molar refractivity (Wildman–Crippen MR) is 54.4 cm³/mol. The zero-order valence-electron chi connectivity index (χ0n) is 7.49. The second kappa shape index (κ2) is 4.45. The Morgan fingerprint density at radius 2 is 2.31 bits per heavy atom. The van der Waals surface area contributed by atoms with Crippen molar-refractivity contribution in [1.82, 2.24) is 0 Å². The summed E-state index contributed by atoms with van der Waals surface area (Å²) in [6, 6.07) is 7.57. The number of ketones is 1. The van der Waals surface area contributed by atoms with E-state index in [1.165, 1.54) is 6.08 Å². The Bertz CT molecular complexity index is 318. The highest BCUT2D eigenvalue weighted by atomic mass is 16.1. The lowest BCUT2D eigenvalue weighted by Gasteiger charge is -1.99. The van der Waals surface area contributed by atoms with Gasteiger partial charge in [-0.15, -0.1) is 0 Å². The molecule has 0 aliphatic rings. The van der Waals surface area contributed by atoms with Crippen molar-refractivity contribution in [3.05, 3.63) is 42.5 Å². The molecule has 2 N–H and O–H groups in total. The van der Waals surface area contributed by atoms with Crippen LogP contribution in [-0.4, -0.2) is 5.78 Å². The van der Waals surface area contributed by atoms with Gasteiger partial charge in [-0.3, -0.25) is 4.79 Å². The molecular weight excluding hydrogens is 162 g/mol. The van der Waals surface area contributed by atoms with Gasteiger partial charge in [0.25, 0.3) is 0 Å². The minimum atomic E-state index is 0.0717. The van der Waals surface area contributed by atoms with Gasteiger partial charge in [-0.05, 0) is 30.2 Å². The van der Waals surface area contributed by atoms with Gasteiger partial charge in [-0.25, -0.2) is 0 Å². The van der Waals surface area contributed by atoms with Crippen molar-refractivity contribution in [2.75, 3.05) is 5.73 Å². The van der Waals surface area contributed by atoms with Crippen molar-refractivity contribution in [2.24, 2.45) is 0 Å². The SMILES string of the molecule is C=CC(=O)CCc1cccc(N)c1. The Hall–Kier alpha value is -1.57. The van der Waals surface area contributed by atoms with E-state index in [1.807, 2.05) is 24.3 Å². The molecule has 0 amide bonds. The summed E-state index contributed by atoms with van der Waals surface area (Å²) in [6.07, 6.45) is 2.59. The van der Waals surface area contributed by atoms with Crippen molar-refractivity contribution < 1.29 is 4.79 Å². The fraction of sp³-hybridized carbons (Fsp3) is 0.182. The van der Waals surface area contributed by atoms with Crippen LogP contribution in [0.5, 0.6) is 0 Å². The highest BCUT2D eigenvalue weighted by Crippen LogP contribution is 2.08. The molecule has 13 heavy (non-hydrogen) atoms. The number of nitrogen functional groups attached to an aromatic ring is 1. The van der Waals surface area contributed by atoms with Crippen molar-refractivity contribution in [3.63, 3.8) is 0 Å². The van der Waals surface area contributed by atoms with Gasteiger partial charge >= 0.3 is 0 Å². The van der Waals surface area contributed by atoms with E-state index in [0.29, 0.717) is 6.42 Å². The Kier molecular flexibility index (Phi) is 3.26. The minimum Gasteiger partial charge on any atom is -0.399 e. The average molecular weight is 175 g/mol. The summed E-state index contributed by atoms with van der Waals surface area (Å²) in [5.74, 6) is 0.0717. The zero-order chi connectivity index (χ0) is 9.68. The molecule has 0 aromatic heterocycles. The van der Waals surface area contributed by atoms with Crippen molar-refractivity contribution in [1.29, 1.82) is 0 Å². The van der Waals surface area contributed by atoms with E-state index in [0.717, 1.165) is 17.7 Å². The van der Waals surface area contributed by atoms with Gasteiger partial charge in [0, 0.05) is 12.1 Å². The number of hydrogen-bond acceptors (Lipinski definition) is 2. The van der Waals surface area contributed by atoms with Gasteiger partial charge in [0.15, 0.2) is 5.78 Å². The predicted octanol–water partition coefficient (Wildman–Crippen LogP) is 1.96. The number of aryl methyl sites for hydroxylation is 1. The summed E-state index contributed by atoms with van der Waals surface area (Å²) in [4.78, 5) is 10.9. The molecule has 0 spiro atoms. The second-order valence-corrected chi connectivity index (χ2v) is 2.92. The standard InChI is InChI=1S/C11H13NO/c1-2-11(13)7-6-9-4-3-5-10(12)8-9/h2-5,8H,1,6-7,12H2. The van der Waals surface area contributed by atoms with Crippen LogP contribution in [0, 0.1) is 0 Å². The van der Waals surface area contributed by atoms with E-state index in [9.17, 15) is 4.79 Å². The number of carbonyl (C=O) groups is 1. The van der Waals surface area contributed by atoms with Crippen LogP contribution in [0.4, 0.5) is 5.69 Å². The lowest BCUT2D eigenvalue weighted by molar-refractivity contribution is -0.114. The molecule has 1 aromatic carbocycles. The van der Waals surface area contributed by atoms with Crippen LogP contribution in [0.25, 0.3) is 0 Å². The van der Waals surface area contributed by atoms with E-state index in [1.54, 1.807) is 0 Å². The minimum absolute atomic E-state index is 0.0717. The van der Waals surface area contributed by atoms with Crippen LogP contribution < -0.4 is 5.73 Å². The normalized spacial score (nSPS) is 9.54. The van der Waals surface area contributed by atoms with E-state index < -0.39 is 0 Å². The molecule has 0 aliphatic carbocycles. The van der Waals surface area contributed by atoms with Crippen LogP contribution in [0.15, 0.2) is 36.9 Å². The number of anilines is 1. The van der Waals surface area contributed by atoms with Gasteiger partial charge < -0.3 is 5.73 Å². The molecular formula is C11H13NO. The zero-order valence-corrected chi connectivity index (χ0v) is 7.49. The van der Waals surface area contributed by atoms with Crippen LogP contribution >= 0.6 is 0 Å². The van der Waals surface area contributed by atoms with Crippen LogP contribution in [0.1, 0.15) is 12.0 Å². The van der Waals surface area contributed by atoms with E-state index in [4.69, 9.17) is 5.73 Å². The second-order valence-electron chi connectivity index (χ2n) is 2.92. The molecule has 0 radical (unpaired) electrons. The molecule has 0 bridgehead atoms. The van der Waals surface area contributed by atoms with Gasteiger partial charge in [-0.1, -0.05) is 18.7 Å². The van der Waals surface area contributed by atoms with Crippen molar-refractivity contribution in [3.8, 4) is 0 Å². The first kappa shape index (κ1) is 9.52.